The fraction of sp³-hybridized carbons (Fsp3) is 0.154. The van der Waals surface area contributed by atoms with Crippen molar-refractivity contribution in [2.45, 2.75) is 11.3 Å². The summed E-state index contributed by atoms with van der Waals surface area (Å²) >= 11 is 0. The maximum Gasteiger partial charge on any atom is 0.272 e. The fourth-order valence-corrected chi connectivity index (χ4v) is 2.21. The first-order valence-electron chi connectivity index (χ1n) is 5.88. The van der Waals surface area contributed by atoms with Crippen LogP contribution in [0.4, 0.5) is 5.82 Å². The molecule has 0 bridgehead atoms. The molecule has 0 aliphatic carbocycles. The van der Waals surface area contributed by atoms with Crippen molar-refractivity contribution in [3.05, 3.63) is 54.2 Å². The van der Waals surface area contributed by atoms with Crippen molar-refractivity contribution < 1.29 is 13.4 Å². The van der Waals surface area contributed by atoms with Gasteiger partial charge in [0.15, 0.2) is 0 Å². The van der Waals surface area contributed by atoms with E-state index >= 15 is 0 Å². The van der Waals surface area contributed by atoms with Crippen molar-refractivity contribution in [3.8, 4) is 0 Å². The van der Waals surface area contributed by atoms with Crippen LogP contribution >= 0.6 is 0 Å². The number of pyridine rings is 1. The van der Waals surface area contributed by atoms with Crippen molar-refractivity contribution in [2.24, 2.45) is 5.14 Å². The van der Waals surface area contributed by atoms with Crippen molar-refractivity contribution in [2.75, 3.05) is 11.9 Å². The molecule has 0 saturated carbocycles. The molecule has 1 aromatic carbocycles. The van der Waals surface area contributed by atoms with Gasteiger partial charge >= 0.3 is 0 Å². The van der Waals surface area contributed by atoms with Gasteiger partial charge < -0.3 is 0 Å². The Labute approximate surface area is 112 Å². The van der Waals surface area contributed by atoms with Crippen LogP contribution in [0.5, 0.6) is 0 Å². The van der Waals surface area contributed by atoms with Gasteiger partial charge in [0.25, 0.3) is 5.82 Å². The van der Waals surface area contributed by atoms with Crippen LogP contribution in [-0.2, 0) is 16.4 Å². The Balaban J connectivity index is 1.90. The lowest BCUT2D eigenvalue weighted by atomic mass is 10.1. The molecule has 1 aromatic heterocycles. The van der Waals surface area contributed by atoms with Crippen LogP contribution in [0.25, 0.3) is 0 Å². The zero-order valence-corrected chi connectivity index (χ0v) is 11.2. The molecule has 0 radical (unpaired) electrons. The number of aromatic nitrogens is 1. The molecule has 6 heteroatoms. The van der Waals surface area contributed by atoms with Gasteiger partial charge in [-0.3, -0.25) is 5.32 Å². The van der Waals surface area contributed by atoms with Gasteiger partial charge in [0.05, 0.1) is 17.6 Å². The highest BCUT2D eigenvalue weighted by Crippen LogP contribution is 2.09. The van der Waals surface area contributed by atoms with E-state index in [0.717, 1.165) is 24.3 Å². The van der Waals surface area contributed by atoms with Gasteiger partial charge in [0, 0.05) is 12.5 Å². The summed E-state index contributed by atoms with van der Waals surface area (Å²) in [6.45, 7) is 0.759. The quantitative estimate of drug-likeness (QED) is 0.848. The monoisotopic (exact) mass is 278 g/mol. The highest BCUT2D eigenvalue weighted by molar-refractivity contribution is 7.89. The zero-order chi connectivity index (χ0) is 13.7. The summed E-state index contributed by atoms with van der Waals surface area (Å²) in [6, 6.07) is 12.4. The van der Waals surface area contributed by atoms with Crippen molar-refractivity contribution in [1.29, 1.82) is 0 Å². The molecular formula is C13H16N3O2S+. The van der Waals surface area contributed by atoms with E-state index in [4.69, 9.17) is 5.14 Å². The molecule has 0 saturated heterocycles. The average molecular weight is 278 g/mol. The van der Waals surface area contributed by atoms with Gasteiger partial charge in [-0.15, -0.1) is 0 Å². The molecule has 2 aromatic rings. The summed E-state index contributed by atoms with van der Waals surface area (Å²) < 4.78 is 22.2. The SMILES string of the molecule is NS(=O)(=O)c1ccc(CCNc2cccc[nH+]2)cc1. The van der Waals surface area contributed by atoms with Crippen molar-refractivity contribution in [3.63, 3.8) is 0 Å². The fourth-order valence-electron chi connectivity index (χ4n) is 1.69. The van der Waals surface area contributed by atoms with E-state index in [1.54, 1.807) is 12.1 Å². The summed E-state index contributed by atoms with van der Waals surface area (Å²) in [7, 11) is -3.60. The Kier molecular flexibility index (Phi) is 4.13. The molecule has 4 N–H and O–H groups in total. The lowest BCUT2D eigenvalue weighted by molar-refractivity contribution is -0.361. The van der Waals surface area contributed by atoms with Crippen LogP contribution in [0, 0.1) is 0 Å². The average Bonchev–Trinajstić information content (AvgIpc) is 2.39. The van der Waals surface area contributed by atoms with E-state index < -0.39 is 10.0 Å². The minimum Gasteiger partial charge on any atom is -0.274 e. The van der Waals surface area contributed by atoms with Gasteiger partial charge in [-0.1, -0.05) is 18.2 Å². The Morgan fingerprint density at radius 3 is 2.42 bits per heavy atom. The van der Waals surface area contributed by atoms with Crippen LogP contribution in [-0.4, -0.2) is 15.0 Å². The van der Waals surface area contributed by atoms with Gasteiger partial charge in [0.2, 0.25) is 10.0 Å². The molecule has 0 amide bonds. The topological polar surface area (TPSA) is 86.3 Å². The summed E-state index contributed by atoms with van der Waals surface area (Å²) in [5.41, 5.74) is 1.05. The standard InChI is InChI=1S/C13H15N3O2S/c14-19(17,18)12-6-4-11(5-7-12)8-10-16-13-3-1-2-9-15-13/h1-7,9H,8,10H2,(H,15,16)(H2,14,17,18)/p+1. The molecule has 100 valence electrons. The first-order chi connectivity index (χ1) is 9.05. The summed E-state index contributed by atoms with van der Waals surface area (Å²) in [4.78, 5) is 3.22. The molecule has 0 unspecified atom stereocenters. The molecular weight excluding hydrogens is 262 g/mol. The maximum absolute atomic E-state index is 11.1. The molecule has 0 fully saturated rings. The second-order valence-electron chi connectivity index (χ2n) is 4.14. The summed E-state index contributed by atoms with van der Waals surface area (Å²) in [5, 5.41) is 8.28. The number of anilines is 1. The van der Waals surface area contributed by atoms with Crippen molar-refractivity contribution in [1.82, 2.24) is 0 Å². The maximum atomic E-state index is 11.1. The third-order valence-corrected chi connectivity index (χ3v) is 3.62. The van der Waals surface area contributed by atoms with Crippen LogP contribution < -0.4 is 15.4 Å². The van der Waals surface area contributed by atoms with E-state index in [0.29, 0.717) is 0 Å². The van der Waals surface area contributed by atoms with Crippen molar-refractivity contribution >= 4 is 15.8 Å². The third kappa shape index (κ3) is 4.04. The number of primary sulfonamides is 1. The van der Waals surface area contributed by atoms with E-state index in [-0.39, 0.29) is 4.90 Å². The molecule has 0 aliphatic rings. The van der Waals surface area contributed by atoms with E-state index in [9.17, 15) is 8.42 Å². The first kappa shape index (κ1) is 13.5. The second kappa shape index (κ2) is 5.81. The molecule has 0 spiro atoms. The number of benzene rings is 1. The summed E-state index contributed by atoms with van der Waals surface area (Å²) in [5.74, 6) is 0.948. The predicted molar refractivity (Wildman–Crippen MR) is 73.0 cm³/mol. The number of nitrogens with one attached hydrogen (secondary N) is 2. The molecule has 0 aliphatic heterocycles. The Bertz CT molecular complexity index is 625. The van der Waals surface area contributed by atoms with Crippen LogP contribution in [0.2, 0.25) is 0 Å². The lowest BCUT2D eigenvalue weighted by Crippen LogP contribution is -2.14. The normalized spacial score (nSPS) is 11.2. The molecule has 5 nitrogen and oxygen atoms in total. The number of rotatable bonds is 5. The Hall–Kier alpha value is -1.92. The predicted octanol–water partition coefficient (Wildman–Crippen LogP) is 0.803. The van der Waals surface area contributed by atoms with Crippen LogP contribution in [0.3, 0.4) is 0 Å². The highest BCUT2D eigenvalue weighted by atomic mass is 32.2. The van der Waals surface area contributed by atoms with Gasteiger partial charge in [0.1, 0.15) is 0 Å². The summed E-state index contributed by atoms with van der Waals surface area (Å²) in [6.07, 6.45) is 2.65. The lowest BCUT2D eigenvalue weighted by Gasteiger charge is -2.02. The minimum atomic E-state index is -3.60. The zero-order valence-electron chi connectivity index (χ0n) is 10.3. The number of aromatic amines is 1. The number of sulfonamides is 1. The van der Waals surface area contributed by atoms with Crippen LogP contribution in [0.15, 0.2) is 53.6 Å². The van der Waals surface area contributed by atoms with E-state index in [1.807, 2.05) is 24.4 Å². The molecule has 0 atom stereocenters. The Morgan fingerprint density at radius 1 is 1.11 bits per heavy atom. The smallest absolute Gasteiger partial charge is 0.272 e. The number of nitrogens with two attached hydrogens (primary N) is 1. The minimum absolute atomic E-state index is 0.139. The molecule has 2 rings (SSSR count). The van der Waals surface area contributed by atoms with Gasteiger partial charge in [-0.2, -0.15) is 0 Å². The van der Waals surface area contributed by atoms with E-state index in [2.05, 4.69) is 10.3 Å². The first-order valence-corrected chi connectivity index (χ1v) is 7.43. The number of hydrogen-bond acceptors (Lipinski definition) is 3. The highest BCUT2D eigenvalue weighted by Gasteiger charge is 2.06. The number of hydrogen-bond donors (Lipinski definition) is 2. The van der Waals surface area contributed by atoms with E-state index in [1.165, 1.54) is 12.1 Å². The second-order valence-corrected chi connectivity index (χ2v) is 5.70. The largest absolute Gasteiger partial charge is 0.274 e. The number of H-pyrrole nitrogens is 1. The van der Waals surface area contributed by atoms with Gasteiger partial charge in [-0.25, -0.2) is 18.5 Å². The Morgan fingerprint density at radius 2 is 1.84 bits per heavy atom. The van der Waals surface area contributed by atoms with Gasteiger partial charge in [-0.05, 0) is 23.8 Å². The molecule has 19 heavy (non-hydrogen) atoms. The third-order valence-electron chi connectivity index (χ3n) is 2.69. The van der Waals surface area contributed by atoms with Crippen LogP contribution in [0.1, 0.15) is 5.56 Å². The molecule has 1 heterocycles.